The molecule has 0 bridgehead atoms. The van der Waals surface area contributed by atoms with E-state index in [-0.39, 0.29) is 5.91 Å². The number of benzene rings is 4. The Hall–Kier alpha value is -3.31. The molecule has 32 heavy (non-hydrogen) atoms. The third-order valence-corrected chi connectivity index (χ3v) is 5.44. The molecule has 0 atom stereocenters. The van der Waals surface area contributed by atoms with E-state index in [1.54, 1.807) is 19.0 Å². The quantitative estimate of drug-likeness (QED) is 0.268. The van der Waals surface area contributed by atoms with Crippen molar-refractivity contribution in [2.75, 3.05) is 26.0 Å². The molecular formula is C27H24BrNO3. The second kappa shape index (κ2) is 9.88. The number of ether oxygens (including phenoxy) is 2. The van der Waals surface area contributed by atoms with Crippen LogP contribution in [0.4, 0.5) is 0 Å². The topological polar surface area (TPSA) is 38.8 Å². The average Bonchev–Trinajstić information content (AvgIpc) is 2.83. The van der Waals surface area contributed by atoms with Gasteiger partial charge in [0.2, 0.25) is 0 Å². The number of amides is 1. The summed E-state index contributed by atoms with van der Waals surface area (Å²) in [6.07, 6.45) is 0. The predicted octanol–water partition coefficient (Wildman–Crippen LogP) is 6.77. The summed E-state index contributed by atoms with van der Waals surface area (Å²) in [5.74, 6) is 2.29. The molecule has 4 rings (SSSR count). The smallest absolute Gasteiger partial charge is 0.253 e. The fourth-order valence-corrected chi connectivity index (χ4v) is 3.67. The maximum absolute atomic E-state index is 12.3. The number of carbonyl (C=O) groups excluding carboxylic acids is 1. The summed E-state index contributed by atoms with van der Waals surface area (Å²) in [4.78, 5) is 13.8. The molecule has 0 saturated carbocycles. The van der Waals surface area contributed by atoms with Crippen LogP contribution in [0.5, 0.6) is 17.2 Å². The molecule has 1 amide bonds. The van der Waals surface area contributed by atoms with E-state index in [9.17, 15) is 4.79 Å². The Kier molecular flexibility index (Phi) is 6.76. The van der Waals surface area contributed by atoms with Gasteiger partial charge >= 0.3 is 0 Å². The zero-order valence-corrected chi connectivity index (χ0v) is 19.6. The van der Waals surface area contributed by atoms with Crippen LogP contribution in [-0.2, 0) is 0 Å². The van der Waals surface area contributed by atoms with E-state index in [0.29, 0.717) is 12.2 Å². The lowest BCUT2D eigenvalue weighted by molar-refractivity contribution is 0.0827. The van der Waals surface area contributed by atoms with Crippen molar-refractivity contribution in [3.05, 3.63) is 90.5 Å². The van der Waals surface area contributed by atoms with Crippen LogP contribution >= 0.6 is 15.9 Å². The zero-order valence-electron chi connectivity index (χ0n) is 18.0. The fourth-order valence-electron chi connectivity index (χ4n) is 3.51. The highest BCUT2D eigenvalue weighted by molar-refractivity contribution is 9.09. The first-order chi connectivity index (χ1) is 15.6. The largest absolute Gasteiger partial charge is 0.493 e. The molecule has 0 aliphatic heterocycles. The summed E-state index contributed by atoms with van der Waals surface area (Å²) >= 11 is 3.37. The van der Waals surface area contributed by atoms with Gasteiger partial charge in [0, 0.05) is 35.9 Å². The first kappa shape index (κ1) is 21.9. The van der Waals surface area contributed by atoms with Crippen LogP contribution < -0.4 is 9.47 Å². The van der Waals surface area contributed by atoms with Crippen LogP contribution in [0.15, 0.2) is 84.9 Å². The highest BCUT2D eigenvalue weighted by atomic mass is 79.9. The third-order valence-electron chi connectivity index (χ3n) is 5.12. The molecule has 4 aromatic carbocycles. The Morgan fingerprint density at radius 3 is 2.22 bits per heavy atom. The van der Waals surface area contributed by atoms with Crippen molar-refractivity contribution in [1.29, 1.82) is 0 Å². The Morgan fingerprint density at radius 2 is 1.53 bits per heavy atom. The molecule has 0 aromatic heterocycles. The van der Waals surface area contributed by atoms with Crippen LogP contribution in [0.25, 0.3) is 21.9 Å². The number of rotatable bonds is 7. The van der Waals surface area contributed by atoms with Crippen molar-refractivity contribution in [3.63, 3.8) is 0 Å². The van der Waals surface area contributed by atoms with E-state index in [0.717, 1.165) is 44.5 Å². The molecule has 0 heterocycles. The number of nitrogens with zero attached hydrogens (tertiary/aromatic N) is 1. The van der Waals surface area contributed by atoms with Crippen LogP contribution in [0.2, 0.25) is 0 Å². The van der Waals surface area contributed by atoms with E-state index < -0.39 is 0 Å². The Morgan fingerprint density at radius 1 is 0.844 bits per heavy atom. The van der Waals surface area contributed by atoms with Gasteiger partial charge in [-0.05, 0) is 53.4 Å². The average molecular weight is 490 g/mol. The van der Waals surface area contributed by atoms with Gasteiger partial charge < -0.3 is 14.4 Å². The second-order valence-electron chi connectivity index (χ2n) is 7.55. The van der Waals surface area contributed by atoms with Crippen molar-refractivity contribution in [3.8, 4) is 28.4 Å². The molecule has 4 aromatic rings. The summed E-state index contributed by atoms with van der Waals surface area (Å²) in [6.45, 7) is 0.611. The normalized spacial score (nSPS) is 10.7. The number of alkyl halides is 1. The van der Waals surface area contributed by atoms with Crippen LogP contribution in [-0.4, -0.2) is 36.8 Å². The minimum absolute atomic E-state index is 0.0197. The van der Waals surface area contributed by atoms with Crippen LogP contribution in [0.1, 0.15) is 10.4 Å². The molecule has 0 radical (unpaired) electrons. The SMILES string of the molecule is CN(C)C(=O)c1ccc(-c2ccc3ccccc3c2Oc2ccc(OCCBr)cc2)cc1. The first-order valence-electron chi connectivity index (χ1n) is 10.4. The predicted molar refractivity (Wildman–Crippen MR) is 133 cm³/mol. The number of carbonyl (C=O) groups is 1. The highest BCUT2D eigenvalue weighted by Crippen LogP contribution is 2.40. The minimum atomic E-state index is -0.0197. The maximum Gasteiger partial charge on any atom is 0.253 e. The van der Waals surface area contributed by atoms with Crippen molar-refractivity contribution >= 4 is 32.6 Å². The summed E-state index contributed by atoms with van der Waals surface area (Å²) in [5, 5.41) is 2.91. The summed E-state index contributed by atoms with van der Waals surface area (Å²) in [6, 6.07) is 27.6. The maximum atomic E-state index is 12.3. The molecule has 5 heteroatoms. The summed E-state index contributed by atoms with van der Waals surface area (Å²) < 4.78 is 12.1. The van der Waals surface area contributed by atoms with E-state index >= 15 is 0 Å². The van der Waals surface area contributed by atoms with Gasteiger partial charge in [-0.2, -0.15) is 0 Å². The van der Waals surface area contributed by atoms with Gasteiger partial charge in [-0.15, -0.1) is 0 Å². The van der Waals surface area contributed by atoms with Crippen LogP contribution in [0, 0.1) is 0 Å². The lowest BCUT2D eigenvalue weighted by Gasteiger charge is -2.16. The molecule has 0 fully saturated rings. The van der Waals surface area contributed by atoms with Gasteiger partial charge in [-0.25, -0.2) is 0 Å². The fraction of sp³-hybridized carbons (Fsp3) is 0.148. The van der Waals surface area contributed by atoms with E-state index in [1.807, 2.05) is 60.7 Å². The lowest BCUT2D eigenvalue weighted by atomic mass is 9.98. The van der Waals surface area contributed by atoms with Gasteiger partial charge in [0.15, 0.2) is 0 Å². The molecule has 0 N–H and O–H groups in total. The number of halogens is 1. The molecule has 0 spiro atoms. The highest BCUT2D eigenvalue weighted by Gasteiger charge is 2.14. The Balaban J connectivity index is 1.72. The van der Waals surface area contributed by atoms with Crippen molar-refractivity contribution in [2.24, 2.45) is 0 Å². The van der Waals surface area contributed by atoms with Crippen molar-refractivity contribution in [2.45, 2.75) is 0 Å². The minimum Gasteiger partial charge on any atom is -0.493 e. The molecule has 162 valence electrons. The van der Waals surface area contributed by atoms with Crippen molar-refractivity contribution < 1.29 is 14.3 Å². The zero-order chi connectivity index (χ0) is 22.5. The van der Waals surface area contributed by atoms with E-state index in [4.69, 9.17) is 9.47 Å². The number of hydrogen-bond donors (Lipinski definition) is 0. The summed E-state index contributed by atoms with van der Waals surface area (Å²) in [7, 11) is 3.50. The van der Waals surface area contributed by atoms with Gasteiger partial charge in [0.1, 0.15) is 17.2 Å². The van der Waals surface area contributed by atoms with Gasteiger partial charge in [0.25, 0.3) is 5.91 Å². The number of fused-ring (bicyclic) bond motifs is 1. The first-order valence-corrected chi connectivity index (χ1v) is 11.5. The summed E-state index contributed by atoms with van der Waals surface area (Å²) in [5.41, 5.74) is 2.60. The monoisotopic (exact) mass is 489 g/mol. The third kappa shape index (κ3) is 4.78. The second-order valence-corrected chi connectivity index (χ2v) is 8.34. The molecule has 0 aliphatic carbocycles. The standard InChI is InChI=1S/C27H24BrNO3/c1-29(2)27(30)21-9-7-20(8-10-21)25-16-11-19-5-3-4-6-24(19)26(25)32-23-14-12-22(13-15-23)31-18-17-28/h3-16H,17-18H2,1-2H3. The molecule has 4 nitrogen and oxygen atoms in total. The van der Waals surface area contributed by atoms with Crippen molar-refractivity contribution in [1.82, 2.24) is 4.90 Å². The van der Waals surface area contributed by atoms with E-state index in [1.165, 1.54) is 0 Å². The van der Waals surface area contributed by atoms with Crippen LogP contribution in [0.3, 0.4) is 0 Å². The Bertz CT molecular complexity index is 1220. The Labute approximate surface area is 196 Å². The molecule has 0 unspecified atom stereocenters. The van der Waals surface area contributed by atoms with Gasteiger partial charge in [-0.1, -0.05) is 58.4 Å². The van der Waals surface area contributed by atoms with E-state index in [2.05, 4.69) is 40.2 Å². The lowest BCUT2D eigenvalue weighted by Crippen LogP contribution is -2.21. The molecular weight excluding hydrogens is 466 g/mol. The van der Waals surface area contributed by atoms with Gasteiger partial charge in [0.05, 0.1) is 6.61 Å². The molecule has 0 saturated heterocycles. The van der Waals surface area contributed by atoms with Gasteiger partial charge in [-0.3, -0.25) is 4.79 Å². The number of hydrogen-bond acceptors (Lipinski definition) is 3. The molecule has 0 aliphatic rings.